The van der Waals surface area contributed by atoms with Crippen molar-refractivity contribution in [1.82, 2.24) is 4.72 Å². The lowest BCUT2D eigenvalue weighted by atomic mass is 9.87. The van der Waals surface area contributed by atoms with Gasteiger partial charge in [0.05, 0.1) is 10.8 Å². The van der Waals surface area contributed by atoms with E-state index in [2.05, 4.69) is 4.72 Å². The summed E-state index contributed by atoms with van der Waals surface area (Å²) >= 11 is 0. The molecule has 2 aromatic rings. The van der Waals surface area contributed by atoms with Crippen LogP contribution < -0.4 is 4.72 Å². The van der Waals surface area contributed by atoms with Crippen molar-refractivity contribution in [3.8, 4) is 11.1 Å². The van der Waals surface area contributed by atoms with E-state index in [1.165, 1.54) is 0 Å². The Labute approximate surface area is 147 Å². The van der Waals surface area contributed by atoms with Crippen LogP contribution in [0.2, 0.25) is 0 Å². The van der Waals surface area contributed by atoms with Crippen LogP contribution in [-0.4, -0.2) is 25.5 Å². The molecular weight excluding hydrogens is 338 g/mol. The van der Waals surface area contributed by atoms with Crippen LogP contribution in [0.5, 0.6) is 0 Å². The number of nitrogens with one attached hydrogen (secondary N) is 1. The summed E-state index contributed by atoms with van der Waals surface area (Å²) < 4.78 is 28.5. The van der Waals surface area contributed by atoms with Gasteiger partial charge in [-0.15, -0.1) is 0 Å². The summed E-state index contributed by atoms with van der Waals surface area (Å²) in [6.07, 6.45) is 2.10. The van der Waals surface area contributed by atoms with Crippen LogP contribution in [0.25, 0.3) is 11.1 Å². The van der Waals surface area contributed by atoms with Crippen molar-refractivity contribution in [3.05, 3.63) is 54.6 Å². The summed E-state index contributed by atoms with van der Waals surface area (Å²) in [7, 11) is -3.67. The van der Waals surface area contributed by atoms with Gasteiger partial charge in [0, 0.05) is 11.6 Å². The zero-order valence-corrected chi connectivity index (χ0v) is 14.6. The first-order valence-corrected chi connectivity index (χ1v) is 9.85. The molecule has 0 saturated heterocycles. The molecule has 0 aliphatic heterocycles. The van der Waals surface area contributed by atoms with Gasteiger partial charge in [0.2, 0.25) is 10.0 Å². The minimum absolute atomic E-state index is 0.218. The normalized spacial score (nSPS) is 21.0. The van der Waals surface area contributed by atoms with Gasteiger partial charge in [0.15, 0.2) is 0 Å². The van der Waals surface area contributed by atoms with Crippen molar-refractivity contribution in [2.75, 3.05) is 0 Å². The van der Waals surface area contributed by atoms with Gasteiger partial charge in [-0.05, 0) is 37.3 Å². The number of sulfonamides is 1. The van der Waals surface area contributed by atoms with E-state index in [1.54, 1.807) is 18.2 Å². The molecule has 3 rings (SSSR count). The van der Waals surface area contributed by atoms with Gasteiger partial charge in [-0.25, -0.2) is 13.1 Å². The Kier molecular flexibility index (Phi) is 5.20. The number of carbonyl (C=O) groups is 1. The fourth-order valence-electron chi connectivity index (χ4n) is 3.30. The van der Waals surface area contributed by atoms with Gasteiger partial charge >= 0.3 is 5.97 Å². The monoisotopic (exact) mass is 359 g/mol. The molecule has 6 heteroatoms. The van der Waals surface area contributed by atoms with E-state index in [0.29, 0.717) is 31.2 Å². The molecule has 0 bridgehead atoms. The molecular formula is C19H21NO4S. The van der Waals surface area contributed by atoms with Crippen molar-refractivity contribution < 1.29 is 18.3 Å². The number of benzene rings is 2. The maximum Gasteiger partial charge on any atom is 0.306 e. The summed E-state index contributed by atoms with van der Waals surface area (Å²) in [5, 5.41) is 9.06. The largest absolute Gasteiger partial charge is 0.481 e. The van der Waals surface area contributed by atoms with Crippen molar-refractivity contribution in [1.29, 1.82) is 0 Å². The first-order valence-electron chi connectivity index (χ1n) is 8.37. The number of hydrogen-bond donors (Lipinski definition) is 2. The molecule has 25 heavy (non-hydrogen) atoms. The molecule has 1 saturated carbocycles. The summed E-state index contributed by atoms with van der Waals surface area (Å²) in [4.78, 5) is 11.3. The molecule has 0 spiro atoms. The Balaban J connectivity index is 1.81. The van der Waals surface area contributed by atoms with Crippen LogP contribution in [0, 0.1) is 5.92 Å². The molecule has 132 valence electrons. The third kappa shape index (κ3) is 4.08. The van der Waals surface area contributed by atoms with Crippen molar-refractivity contribution in [3.63, 3.8) is 0 Å². The highest BCUT2D eigenvalue weighted by Gasteiger charge is 2.29. The maximum absolute atomic E-state index is 12.9. The molecule has 0 atom stereocenters. The zero-order valence-electron chi connectivity index (χ0n) is 13.8. The smallest absolute Gasteiger partial charge is 0.306 e. The van der Waals surface area contributed by atoms with Crippen LogP contribution in [0.15, 0.2) is 59.5 Å². The minimum atomic E-state index is -3.67. The fourth-order valence-corrected chi connectivity index (χ4v) is 4.83. The molecule has 2 aromatic carbocycles. The second kappa shape index (κ2) is 7.37. The van der Waals surface area contributed by atoms with E-state index in [9.17, 15) is 13.2 Å². The molecule has 1 aliphatic rings. The SMILES string of the molecule is O=C(O)C1CCC(NS(=O)(=O)c2ccccc2-c2ccccc2)CC1. The average molecular weight is 359 g/mol. The second-order valence-electron chi connectivity index (χ2n) is 6.37. The highest BCUT2D eigenvalue weighted by Crippen LogP contribution is 2.29. The van der Waals surface area contributed by atoms with Gasteiger partial charge < -0.3 is 5.11 Å². The number of carboxylic acids is 1. The van der Waals surface area contributed by atoms with Crippen LogP contribution in [0.1, 0.15) is 25.7 Å². The molecule has 0 aromatic heterocycles. The summed E-state index contributed by atoms with van der Waals surface area (Å²) in [6.45, 7) is 0. The summed E-state index contributed by atoms with van der Waals surface area (Å²) in [5.41, 5.74) is 1.51. The van der Waals surface area contributed by atoms with Crippen LogP contribution >= 0.6 is 0 Å². The maximum atomic E-state index is 12.9. The van der Waals surface area contributed by atoms with Crippen molar-refractivity contribution in [2.24, 2.45) is 5.92 Å². The number of rotatable bonds is 5. The minimum Gasteiger partial charge on any atom is -0.481 e. The van der Waals surface area contributed by atoms with Gasteiger partial charge in [-0.1, -0.05) is 48.5 Å². The van der Waals surface area contributed by atoms with E-state index >= 15 is 0 Å². The molecule has 0 radical (unpaired) electrons. The Hall–Kier alpha value is -2.18. The molecule has 5 nitrogen and oxygen atoms in total. The Bertz CT molecular complexity index is 841. The lowest BCUT2D eigenvalue weighted by Crippen LogP contribution is -2.38. The number of aliphatic carboxylic acids is 1. The number of carboxylic acid groups (broad SMARTS) is 1. The van der Waals surface area contributed by atoms with Crippen LogP contribution in [0.4, 0.5) is 0 Å². The quantitative estimate of drug-likeness (QED) is 0.858. The van der Waals surface area contributed by atoms with E-state index in [-0.39, 0.29) is 16.9 Å². The van der Waals surface area contributed by atoms with Crippen LogP contribution in [0.3, 0.4) is 0 Å². The Morgan fingerprint density at radius 2 is 1.52 bits per heavy atom. The highest BCUT2D eigenvalue weighted by atomic mass is 32.2. The van der Waals surface area contributed by atoms with E-state index in [0.717, 1.165) is 5.56 Å². The van der Waals surface area contributed by atoms with Crippen molar-refractivity contribution in [2.45, 2.75) is 36.6 Å². The first kappa shape index (κ1) is 17.6. The summed E-state index contributed by atoms with van der Waals surface area (Å²) in [6, 6.07) is 16.1. The first-order chi connectivity index (χ1) is 12.0. The third-order valence-corrected chi connectivity index (χ3v) is 6.24. The molecule has 1 aliphatic carbocycles. The fraction of sp³-hybridized carbons (Fsp3) is 0.316. The third-order valence-electron chi connectivity index (χ3n) is 4.66. The average Bonchev–Trinajstić information content (AvgIpc) is 2.62. The Morgan fingerprint density at radius 1 is 0.920 bits per heavy atom. The predicted octanol–water partition coefficient (Wildman–Crippen LogP) is 3.28. The van der Waals surface area contributed by atoms with Gasteiger partial charge in [-0.3, -0.25) is 4.79 Å². The number of hydrogen-bond acceptors (Lipinski definition) is 3. The molecule has 1 fully saturated rings. The van der Waals surface area contributed by atoms with E-state index in [4.69, 9.17) is 5.11 Å². The molecule has 0 amide bonds. The topological polar surface area (TPSA) is 83.5 Å². The van der Waals surface area contributed by atoms with E-state index < -0.39 is 16.0 Å². The molecule has 2 N–H and O–H groups in total. The van der Waals surface area contributed by atoms with Crippen molar-refractivity contribution >= 4 is 16.0 Å². The lowest BCUT2D eigenvalue weighted by molar-refractivity contribution is -0.142. The molecule has 0 heterocycles. The van der Waals surface area contributed by atoms with E-state index in [1.807, 2.05) is 36.4 Å². The highest BCUT2D eigenvalue weighted by molar-refractivity contribution is 7.89. The standard InChI is InChI=1S/C19H21NO4S/c21-19(22)15-10-12-16(13-11-15)20-25(23,24)18-9-5-4-8-17(18)14-6-2-1-3-7-14/h1-9,15-16,20H,10-13H2,(H,21,22). The second-order valence-corrected chi connectivity index (χ2v) is 8.05. The zero-order chi connectivity index (χ0) is 17.9. The van der Waals surface area contributed by atoms with Gasteiger partial charge in [0.25, 0.3) is 0 Å². The Morgan fingerprint density at radius 3 is 2.16 bits per heavy atom. The predicted molar refractivity (Wildman–Crippen MR) is 95.6 cm³/mol. The van der Waals surface area contributed by atoms with Gasteiger partial charge in [-0.2, -0.15) is 0 Å². The molecule has 0 unspecified atom stereocenters. The lowest BCUT2D eigenvalue weighted by Gasteiger charge is -2.27. The van der Waals surface area contributed by atoms with Gasteiger partial charge in [0.1, 0.15) is 0 Å². The summed E-state index contributed by atoms with van der Waals surface area (Å²) in [5.74, 6) is -1.16. The van der Waals surface area contributed by atoms with Crippen LogP contribution in [-0.2, 0) is 14.8 Å².